The van der Waals surface area contributed by atoms with Gasteiger partial charge in [0.25, 0.3) is 0 Å². The molecule has 3 aromatic rings. The van der Waals surface area contributed by atoms with E-state index >= 15 is 0 Å². The van der Waals surface area contributed by atoms with Gasteiger partial charge >= 0.3 is 0 Å². The monoisotopic (exact) mass is 517 g/mol. The number of allylic oxidation sites excluding steroid dienone is 1. The van der Waals surface area contributed by atoms with E-state index in [4.69, 9.17) is 0 Å². The summed E-state index contributed by atoms with van der Waals surface area (Å²) in [7, 11) is -4.15. The number of hydrogen-bond acceptors (Lipinski definition) is 4. The number of halogens is 3. The maximum absolute atomic E-state index is 13.8. The summed E-state index contributed by atoms with van der Waals surface area (Å²) in [6, 6.07) is 8.61. The minimum atomic E-state index is -4.15. The van der Waals surface area contributed by atoms with Crippen LogP contribution in [0, 0.1) is 28.8 Å². The highest BCUT2D eigenvalue weighted by molar-refractivity contribution is 7.89. The molecule has 6 nitrogen and oxygen atoms in total. The molecule has 0 unspecified atom stereocenters. The minimum absolute atomic E-state index is 0.0577. The molecule has 10 heteroatoms. The Bertz CT molecular complexity index is 1440. The highest BCUT2D eigenvalue weighted by Crippen LogP contribution is 2.53. The average Bonchev–Trinajstić information content (AvgIpc) is 3.39. The predicted octanol–water partition coefficient (Wildman–Crippen LogP) is 4.33. The van der Waals surface area contributed by atoms with Crippen molar-refractivity contribution in [1.29, 1.82) is 0 Å². The van der Waals surface area contributed by atoms with Gasteiger partial charge in [-0.15, -0.1) is 0 Å². The van der Waals surface area contributed by atoms with Crippen molar-refractivity contribution in [2.75, 3.05) is 19.7 Å². The first-order valence-electron chi connectivity index (χ1n) is 11.7. The smallest absolute Gasteiger partial charge is 0.243 e. The van der Waals surface area contributed by atoms with Crippen LogP contribution in [-0.2, 0) is 16.4 Å². The van der Waals surface area contributed by atoms with E-state index in [1.807, 2.05) is 0 Å². The second-order valence-electron chi connectivity index (χ2n) is 9.61. The van der Waals surface area contributed by atoms with Crippen LogP contribution >= 0.6 is 0 Å². The van der Waals surface area contributed by atoms with Crippen LogP contribution in [0.3, 0.4) is 0 Å². The van der Waals surface area contributed by atoms with E-state index in [2.05, 4.69) is 18.1 Å². The van der Waals surface area contributed by atoms with Crippen molar-refractivity contribution >= 4 is 16.1 Å². The molecule has 1 N–H and O–H groups in total. The zero-order valence-corrected chi connectivity index (χ0v) is 20.5. The number of aliphatic hydroxyl groups is 1. The zero-order chi connectivity index (χ0) is 25.7. The lowest BCUT2D eigenvalue weighted by atomic mass is 9.70. The fourth-order valence-corrected chi connectivity index (χ4v) is 6.96. The van der Waals surface area contributed by atoms with Gasteiger partial charge in [0, 0.05) is 13.1 Å². The first-order valence-corrected chi connectivity index (χ1v) is 13.2. The van der Waals surface area contributed by atoms with Gasteiger partial charge < -0.3 is 5.11 Å². The number of aromatic nitrogens is 2. The van der Waals surface area contributed by atoms with E-state index in [-0.39, 0.29) is 35.1 Å². The van der Waals surface area contributed by atoms with Crippen LogP contribution in [-0.4, -0.2) is 47.3 Å². The third-order valence-electron chi connectivity index (χ3n) is 7.53. The fraction of sp³-hybridized carbons (Fsp3) is 0.346. The highest BCUT2D eigenvalue weighted by atomic mass is 32.2. The van der Waals surface area contributed by atoms with Crippen molar-refractivity contribution in [3.05, 3.63) is 82.9 Å². The van der Waals surface area contributed by atoms with Gasteiger partial charge in [0.15, 0.2) is 11.6 Å². The molecule has 1 fully saturated rings. The van der Waals surface area contributed by atoms with Crippen LogP contribution in [0.1, 0.15) is 31.0 Å². The van der Waals surface area contributed by atoms with Gasteiger partial charge in [-0.3, -0.25) is 0 Å². The second-order valence-corrected chi connectivity index (χ2v) is 11.5. The Morgan fingerprint density at radius 3 is 2.58 bits per heavy atom. The summed E-state index contributed by atoms with van der Waals surface area (Å²) in [6.45, 7) is 1.69. The number of hydrogen-bond donors (Lipinski definition) is 1. The lowest BCUT2D eigenvalue weighted by molar-refractivity contribution is 0.194. The molecule has 36 heavy (non-hydrogen) atoms. The molecular formula is C26H26F3N3O3S. The van der Waals surface area contributed by atoms with Crippen LogP contribution in [0.2, 0.25) is 0 Å². The molecule has 0 amide bonds. The van der Waals surface area contributed by atoms with Gasteiger partial charge in [-0.1, -0.05) is 12.5 Å². The SMILES string of the molecule is C[C@]12Cc3cnn(-c4ccc(F)cc4)c3C=C1CC[C@@H]2CN(CCO)S(=O)(=O)c1ccc(F)c(F)c1. The minimum Gasteiger partial charge on any atom is -0.395 e. The molecule has 2 aromatic carbocycles. The van der Waals surface area contributed by atoms with Gasteiger partial charge in [-0.05, 0) is 84.7 Å². The Balaban J connectivity index is 1.43. The second kappa shape index (κ2) is 9.17. The molecule has 0 bridgehead atoms. The van der Waals surface area contributed by atoms with E-state index < -0.39 is 28.3 Å². The van der Waals surface area contributed by atoms with Crippen molar-refractivity contribution in [2.24, 2.45) is 11.3 Å². The Hall–Kier alpha value is -2.95. The van der Waals surface area contributed by atoms with Crippen LogP contribution in [0.25, 0.3) is 11.8 Å². The fourth-order valence-electron chi connectivity index (χ4n) is 5.47. The van der Waals surface area contributed by atoms with Crippen molar-refractivity contribution < 1.29 is 26.7 Å². The molecule has 0 aliphatic heterocycles. The largest absolute Gasteiger partial charge is 0.395 e. The first kappa shape index (κ1) is 24.7. The van der Waals surface area contributed by atoms with E-state index in [0.717, 1.165) is 46.2 Å². The third kappa shape index (κ3) is 4.16. The van der Waals surface area contributed by atoms with Gasteiger partial charge in [-0.25, -0.2) is 26.3 Å². The normalized spacial score (nSPS) is 21.4. The summed E-state index contributed by atoms with van der Waals surface area (Å²) in [6.07, 6.45) is 6.04. The Morgan fingerprint density at radius 2 is 1.89 bits per heavy atom. The lowest BCUT2D eigenvalue weighted by Crippen LogP contribution is -2.42. The Morgan fingerprint density at radius 1 is 1.14 bits per heavy atom. The van der Waals surface area contributed by atoms with Crippen molar-refractivity contribution in [3.8, 4) is 5.69 Å². The summed E-state index contributed by atoms with van der Waals surface area (Å²) in [4.78, 5) is -0.347. The van der Waals surface area contributed by atoms with Gasteiger partial charge in [0.1, 0.15) is 5.82 Å². The summed E-state index contributed by atoms with van der Waals surface area (Å²) >= 11 is 0. The molecule has 2 atom stereocenters. The molecule has 1 heterocycles. The van der Waals surface area contributed by atoms with E-state index in [1.54, 1.807) is 23.0 Å². The van der Waals surface area contributed by atoms with Gasteiger partial charge in [0.05, 0.1) is 29.1 Å². The number of nitrogens with zero attached hydrogens (tertiary/aromatic N) is 3. The number of fused-ring (bicyclic) bond motifs is 2. The number of rotatable bonds is 7. The zero-order valence-electron chi connectivity index (χ0n) is 19.7. The quantitative estimate of drug-likeness (QED) is 0.506. The van der Waals surface area contributed by atoms with E-state index in [0.29, 0.717) is 12.5 Å². The van der Waals surface area contributed by atoms with Crippen LogP contribution in [0.15, 0.2) is 59.1 Å². The topological polar surface area (TPSA) is 75.4 Å². The average molecular weight is 518 g/mol. The number of aliphatic hydroxyl groups excluding tert-OH is 1. The summed E-state index contributed by atoms with van der Waals surface area (Å²) in [5.74, 6) is -2.75. The molecule has 0 saturated heterocycles. The maximum Gasteiger partial charge on any atom is 0.243 e. The molecule has 2 aliphatic carbocycles. The number of sulfonamides is 1. The first-order chi connectivity index (χ1) is 17.1. The Labute approximate surface area is 207 Å². The van der Waals surface area contributed by atoms with Crippen LogP contribution in [0.4, 0.5) is 13.2 Å². The van der Waals surface area contributed by atoms with Gasteiger partial charge in [-0.2, -0.15) is 9.40 Å². The van der Waals surface area contributed by atoms with Crippen molar-refractivity contribution in [2.45, 2.75) is 31.1 Å². The summed E-state index contributed by atoms with van der Waals surface area (Å²) in [5.41, 5.74) is 3.53. The standard InChI is InChI=1S/C26H26F3N3O3S/c1-26-14-17-15-30-32(21-6-4-20(27)5-7-21)25(17)12-18(26)2-3-19(26)16-31(10-11-33)36(34,35)22-8-9-23(28)24(29)13-22/h4-9,12-13,15,19,33H,2-3,10-11,14,16H2,1H3/t19-,26+/m1/s1. The van der Waals surface area contributed by atoms with Crippen LogP contribution < -0.4 is 0 Å². The highest BCUT2D eigenvalue weighted by Gasteiger charge is 2.47. The Kier molecular flexibility index (Phi) is 6.30. The predicted molar refractivity (Wildman–Crippen MR) is 128 cm³/mol. The molecule has 0 spiro atoms. The van der Waals surface area contributed by atoms with Crippen molar-refractivity contribution in [3.63, 3.8) is 0 Å². The van der Waals surface area contributed by atoms with E-state index in [9.17, 15) is 26.7 Å². The molecule has 2 aliphatic rings. The maximum atomic E-state index is 13.8. The molecule has 0 radical (unpaired) electrons. The molecule has 1 saturated carbocycles. The molecule has 5 rings (SSSR count). The number of benzene rings is 2. The molecule has 1 aromatic heterocycles. The third-order valence-corrected chi connectivity index (χ3v) is 9.39. The summed E-state index contributed by atoms with van der Waals surface area (Å²) in [5, 5.41) is 14.1. The van der Waals surface area contributed by atoms with Crippen molar-refractivity contribution in [1.82, 2.24) is 14.1 Å². The molecule has 190 valence electrons. The van der Waals surface area contributed by atoms with Gasteiger partial charge in [0.2, 0.25) is 10.0 Å². The molecular weight excluding hydrogens is 491 g/mol. The van der Waals surface area contributed by atoms with E-state index in [1.165, 1.54) is 17.7 Å². The lowest BCUT2D eigenvalue weighted by Gasteiger charge is -2.38. The van der Waals surface area contributed by atoms with Crippen LogP contribution in [0.5, 0.6) is 0 Å². The summed E-state index contributed by atoms with van der Waals surface area (Å²) < 4.78 is 70.1.